The van der Waals surface area contributed by atoms with Crippen molar-refractivity contribution in [2.45, 2.75) is 18.9 Å². The molecule has 0 aromatic heterocycles. The van der Waals surface area contributed by atoms with Crippen molar-refractivity contribution in [1.29, 1.82) is 0 Å². The van der Waals surface area contributed by atoms with Gasteiger partial charge >= 0.3 is 6.05 Å². The van der Waals surface area contributed by atoms with E-state index in [1.54, 1.807) is 5.92 Å². The smallest absolute Gasteiger partial charge is 0.332 e. The Morgan fingerprint density at radius 2 is 1.87 bits per heavy atom. The van der Waals surface area contributed by atoms with Crippen LogP contribution in [0.5, 0.6) is 0 Å². The zero-order valence-corrected chi connectivity index (χ0v) is 8.89. The van der Waals surface area contributed by atoms with Crippen molar-refractivity contribution in [3.05, 3.63) is 0 Å². The number of hydrogen-bond acceptors (Lipinski definition) is 2. The molecule has 5 heteroatoms. The Hall–Kier alpha value is -1.15. The van der Waals surface area contributed by atoms with Crippen LogP contribution in [-0.2, 0) is 4.79 Å². The van der Waals surface area contributed by atoms with E-state index < -0.39 is 12.0 Å². The fraction of sp³-hybridized carbons (Fsp3) is 0.700. The molecular formula is C10H14F2N2O. The molecule has 0 bridgehead atoms. The second-order valence-corrected chi connectivity index (χ2v) is 3.68. The number of nitrogens with zero attached hydrogens (tertiary/aromatic N) is 2. The van der Waals surface area contributed by atoms with E-state index in [1.165, 1.54) is 19.0 Å². The summed E-state index contributed by atoms with van der Waals surface area (Å²) in [6.07, 6.45) is 1.86. The Bertz CT molecular complexity index is 298. The normalized spacial score (nSPS) is 16.5. The summed E-state index contributed by atoms with van der Waals surface area (Å²) in [5, 5.41) is 0. The highest BCUT2D eigenvalue weighted by molar-refractivity contribution is 5.93. The minimum atomic E-state index is -3.24. The maximum Gasteiger partial charge on any atom is 0.369 e. The van der Waals surface area contributed by atoms with E-state index in [0.717, 1.165) is 12.8 Å². The molecule has 0 aromatic rings. The summed E-state index contributed by atoms with van der Waals surface area (Å²) < 4.78 is 26.0. The number of alkyl halides is 2. The predicted octanol–water partition coefficient (Wildman–Crippen LogP) is 0.767. The second kappa shape index (κ2) is 4.58. The van der Waals surface area contributed by atoms with E-state index in [-0.39, 0.29) is 0 Å². The quantitative estimate of drug-likeness (QED) is 0.477. The first-order valence-corrected chi connectivity index (χ1v) is 4.81. The van der Waals surface area contributed by atoms with E-state index in [1.807, 2.05) is 5.92 Å². The molecule has 1 rings (SSSR count). The van der Waals surface area contributed by atoms with Crippen LogP contribution in [0.3, 0.4) is 0 Å². The van der Waals surface area contributed by atoms with Gasteiger partial charge in [0.15, 0.2) is 0 Å². The Morgan fingerprint density at radius 3 is 2.33 bits per heavy atom. The van der Waals surface area contributed by atoms with Crippen LogP contribution in [0.1, 0.15) is 12.8 Å². The van der Waals surface area contributed by atoms with Gasteiger partial charge in [-0.25, -0.2) is 4.90 Å². The van der Waals surface area contributed by atoms with Crippen molar-refractivity contribution in [3.63, 3.8) is 0 Å². The molecular weight excluding hydrogens is 202 g/mol. The summed E-state index contributed by atoms with van der Waals surface area (Å²) in [5.74, 6) is 3.17. The van der Waals surface area contributed by atoms with E-state index in [4.69, 9.17) is 0 Å². The van der Waals surface area contributed by atoms with Gasteiger partial charge in [0.1, 0.15) is 0 Å². The molecule has 0 spiro atoms. The molecule has 1 saturated heterocycles. The molecule has 0 atom stereocenters. The van der Waals surface area contributed by atoms with Gasteiger partial charge in [0.25, 0.3) is 5.91 Å². The average Bonchev–Trinajstić information content (AvgIpc) is 2.66. The molecule has 1 amide bonds. The van der Waals surface area contributed by atoms with Gasteiger partial charge in [0.05, 0.1) is 0 Å². The number of carbonyl (C=O) groups is 1. The van der Waals surface area contributed by atoms with Crippen LogP contribution in [0.25, 0.3) is 0 Å². The molecule has 0 aromatic carbocycles. The van der Waals surface area contributed by atoms with Gasteiger partial charge in [0, 0.05) is 19.0 Å². The first kappa shape index (κ1) is 11.9. The standard InChI is InChI=1S/C10H14F2N2O/c1-13(2)10(11,12)6-5-9(15)14-7-3-4-8-14/h3-4,7-8H2,1-2H3. The molecule has 0 unspecified atom stereocenters. The van der Waals surface area contributed by atoms with Gasteiger partial charge in [-0.2, -0.15) is 8.78 Å². The van der Waals surface area contributed by atoms with E-state index in [0.29, 0.717) is 18.0 Å². The van der Waals surface area contributed by atoms with Gasteiger partial charge in [0.2, 0.25) is 0 Å². The fourth-order valence-corrected chi connectivity index (χ4v) is 1.24. The molecule has 0 saturated carbocycles. The third kappa shape index (κ3) is 3.17. The van der Waals surface area contributed by atoms with Crippen LogP contribution in [0.2, 0.25) is 0 Å². The van der Waals surface area contributed by atoms with Crippen molar-refractivity contribution in [2.24, 2.45) is 0 Å². The Morgan fingerprint density at radius 1 is 1.33 bits per heavy atom. The van der Waals surface area contributed by atoms with Crippen molar-refractivity contribution in [3.8, 4) is 11.8 Å². The van der Waals surface area contributed by atoms with Crippen LogP contribution in [0.4, 0.5) is 8.78 Å². The Labute approximate surface area is 88.0 Å². The van der Waals surface area contributed by atoms with E-state index in [9.17, 15) is 13.6 Å². The van der Waals surface area contributed by atoms with E-state index >= 15 is 0 Å². The third-order valence-corrected chi connectivity index (χ3v) is 2.27. The number of likely N-dealkylation sites (tertiary alicyclic amines) is 1. The summed E-state index contributed by atoms with van der Waals surface area (Å²) in [6.45, 7) is 1.25. The van der Waals surface area contributed by atoms with E-state index in [2.05, 4.69) is 0 Å². The Kier molecular flexibility index (Phi) is 3.64. The topological polar surface area (TPSA) is 23.6 Å². The molecule has 84 valence electrons. The molecule has 3 nitrogen and oxygen atoms in total. The molecule has 15 heavy (non-hydrogen) atoms. The summed E-state index contributed by atoms with van der Waals surface area (Å²) in [7, 11) is 2.43. The first-order chi connectivity index (χ1) is 6.93. The number of carbonyl (C=O) groups excluding carboxylic acids is 1. The summed E-state index contributed by atoms with van der Waals surface area (Å²) in [6, 6.07) is -3.24. The summed E-state index contributed by atoms with van der Waals surface area (Å²) in [4.78, 5) is 13.5. The van der Waals surface area contributed by atoms with Gasteiger partial charge in [-0.05, 0) is 32.9 Å². The highest BCUT2D eigenvalue weighted by Crippen LogP contribution is 2.14. The molecule has 1 aliphatic rings. The van der Waals surface area contributed by atoms with Gasteiger partial charge in [-0.3, -0.25) is 4.79 Å². The Balaban J connectivity index is 2.60. The predicted molar refractivity (Wildman–Crippen MR) is 52.2 cm³/mol. The lowest BCUT2D eigenvalue weighted by atomic mass is 10.4. The lowest BCUT2D eigenvalue weighted by Crippen LogP contribution is -2.34. The van der Waals surface area contributed by atoms with Crippen LogP contribution < -0.4 is 0 Å². The van der Waals surface area contributed by atoms with Crippen LogP contribution in [0, 0.1) is 11.8 Å². The summed E-state index contributed by atoms with van der Waals surface area (Å²) >= 11 is 0. The largest absolute Gasteiger partial charge is 0.369 e. The summed E-state index contributed by atoms with van der Waals surface area (Å²) in [5.41, 5.74) is 0. The molecule has 0 N–H and O–H groups in total. The lowest BCUT2D eigenvalue weighted by molar-refractivity contribution is -0.124. The molecule has 0 radical (unpaired) electrons. The maximum atomic E-state index is 13.0. The number of hydrogen-bond donors (Lipinski definition) is 0. The van der Waals surface area contributed by atoms with Crippen molar-refractivity contribution in [2.75, 3.05) is 27.2 Å². The van der Waals surface area contributed by atoms with Crippen molar-refractivity contribution < 1.29 is 13.6 Å². The molecule has 1 aliphatic heterocycles. The van der Waals surface area contributed by atoms with Crippen LogP contribution >= 0.6 is 0 Å². The minimum absolute atomic E-state index is 0.506. The number of halogens is 2. The van der Waals surface area contributed by atoms with Crippen LogP contribution in [0.15, 0.2) is 0 Å². The highest BCUT2D eigenvalue weighted by Gasteiger charge is 2.29. The van der Waals surface area contributed by atoms with Crippen molar-refractivity contribution in [1.82, 2.24) is 9.80 Å². The molecule has 1 fully saturated rings. The van der Waals surface area contributed by atoms with Gasteiger partial charge in [-0.15, -0.1) is 0 Å². The van der Waals surface area contributed by atoms with Crippen molar-refractivity contribution >= 4 is 5.91 Å². The minimum Gasteiger partial charge on any atom is -0.332 e. The number of rotatable bonds is 1. The highest BCUT2D eigenvalue weighted by atomic mass is 19.3. The van der Waals surface area contributed by atoms with Gasteiger partial charge in [-0.1, -0.05) is 0 Å². The number of amides is 1. The second-order valence-electron chi connectivity index (χ2n) is 3.68. The SMILES string of the molecule is CN(C)C(F)(F)C#CC(=O)N1CCCC1. The first-order valence-electron chi connectivity index (χ1n) is 4.81. The average molecular weight is 216 g/mol. The fourth-order valence-electron chi connectivity index (χ4n) is 1.24. The monoisotopic (exact) mass is 216 g/mol. The maximum absolute atomic E-state index is 13.0. The van der Waals surface area contributed by atoms with Gasteiger partial charge < -0.3 is 4.90 Å². The molecule has 1 heterocycles. The van der Waals surface area contributed by atoms with Crippen LogP contribution in [-0.4, -0.2) is 48.9 Å². The lowest BCUT2D eigenvalue weighted by Gasteiger charge is -2.17. The molecule has 0 aliphatic carbocycles. The zero-order valence-electron chi connectivity index (χ0n) is 8.89. The third-order valence-electron chi connectivity index (χ3n) is 2.27. The zero-order chi connectivity index (χ0) is 11.5.